The summed E-state index contributed by atoms with van der Waals surface area (Å²) in [5.41, 5.74) is 0.890. The van der Waals surface area contributed by atoms with Crippen LogP contribution in [0.25, 0.3) is 0 Å². The smallest absolute Gasteiger partial charge is 0.334 e. The van der Waals surface area contributed by atoms with Gasteiger partial charge in [0.1, 0.15) is 11.5 Å². The molecule has 1 unspecified atom stereocenters. The van der Waals surface area contributed by atoms with E-state index in [1.165, 1.54) is 7.11 Å². The van der Waals surface area contributed by atoms with Crippen molar-refractivity contribution in [1.29, 1.82) is 0 Å². The van der Waals surface area contributed by atoms with Gasteiger partial charge in [-0.1, -0.05) is 0 Å². The molecule has 0 radical (unpaired) electrons. The first-order chi connectivity index (χ1) is 9.97. The van der Waals surface area contributed by atoms with E-state index in [-0.39, 0.29) is 13.2 Å². The van der Waals surface area contributed by atoms with Gasteiger partial charge in [-0.2, -0.15) is 0 Å². The first-order valence-electron chi connectivity index (χ1n) is 6.27. The molecule has 1 aromatic carbocycles. The van der Waals surface area contributed by atoms with Gasteiger partial charge in [-0.15, -0.1) is 0 Å². The number of methoxy groups -OCH3 is 2. The summed E-state index contributed by atoms with van der Waals surface area (Å²) in [5.74, 6) is -0.294. The van der Waals surface area contributed by atoms with Crippen LogP contribution in [0.4, 0.5) is 0 Å². The van der Waals surface area contributed by atoms with Crippen molar-refractivity contribution in [2.24, 2.45) is 0 Å². The Hall–Kier alpha value is -2.28. The molecule has 1 atom stereocenters. The number of rotatable bonds is 8. The van der Waals surface area contributed by atoms with Crippen LogP contribution in [-0.4, -0.2) is 50.5 Å². The Morgan fingerprint density at radius 1 is 1.33 bits per heavy atom. The average molecular weight is 297 g/mol. The van der Waals surface area contributed by atoms with Crippen molar-refractivity contribution < 1.29 is 28.9 Å². The van der Waals surface area contributed by atoms with Crippen molar-refractivity contribution in [3.05, 3.63) is 23.8 Å². The molecule has 0 bridgehead atoms. The van der Waals surface area contributed by atoms with Gasteiger partial charge in [0, 0.05) is 7.11 Å². The Bertz CT molecular complexity index is 502. The van der Waals surface area contributed by atoms with Crippen LogP contribution in [0.1, 0.15) is 5.56 Å². The number of carboxylic acid groups (broad SMARTS) is 1. The lowest BCUT2D eigenvalue weighted by Crippen LogP contribution is -2.39. The van der Waals surface area contributed by atoms with E-state index in [1.54, 1.807) is 25.3 Å². The Balaban J connectivity index is 2.42. The molecule has 21 heavy (non-hydrogen) atoms. The molecule has 1 amide bonds. The summed E-state index contributed by atoms with van der Waals surface area (Å²) in [7, 11) is 2.84. The summed E-state index contributed by atoms with van der Waals surface area (Å²) in [6.07, 6.45) is -1.07. The van der Waals surface area contributed by atoms with E-state index >= 15 is 0 Å². The van der Waals surface area contributed by atoms with Crippen LogP contribution in [0.3, 0.4) is 0 Å². The fraction of sp³-hybridized carbons (Fsp3) is 0.429. The van der Waals surface area contributed by atoms with Crippen molar-refractivity contribution in [3.63, 3.8) is 0 Å². The first-order valence-corrected chi connectivity index (χ1v) is 6.27. The summed E-state index contributed by atoms with van der Waals surface area (Å²) in [6, 6.07) is 5.18. The zero-order valence-corrected chi connectivity index (χ0v) is 12.2. The molecule has 7 nitrogen and oxygen atoms in total. The molecular weight excluding hydrogens is 278 g/mol. The average Bonchev–Trinajstić information content (AvgIpc) is 2.45. The van der Waals surface area contributed by atoms with E-state index in [9.17, 15) is 9.59 Å². The third-order valence-electron chi connectivity index (χ3n) is 2.78. The number of carbonyl (C=O) groups is 2. The summed E-state index contributed by atoms with van der Waals surface area (Å²) < 4.78 is 15.1. The number of benzene rings is 1. The topological polar surface area (TPSA) is 94.1 Å². The Morgan fingerprint density at radius 2 is 2.05 bits per heavy atom. The van der Waals surface area contributed by atoms with Crippen LogP contribution in [0.5, 0.6) is 11.5 Å². The molecule has 0 fully saturated rings. The maximum absolute atomic E-state index is 11.6. The molecule has 0 aliphatic rings. The monoisotopic (exact) mass is 297 g/mol. The molecule has 0 aliphatic heterocycles. The molecule has 0 saturated carbocycles. The second kappa shape index (κ2) is 8.11. The van der Waals surface area contributed by atoms with Crippen LogP contribution in [0, 0.1) is 6.92 Å². The lowest BCUT2D eigenvalue weighted by atomic mass is 10.2. The maximum Gasteiger partial charge on any atom is 0.334 e. The highest BCUT2D eigenvalue weighted by Crippen LogP contribution is 2.22. The van der Waals surface area contributed by atoms with Gasteiger partial charge < -0.3 is 24.6 Å². The second-order valence-electron chi connectivity index (χ2n) is 4.29. The van der Waals surface area contributed by atoms with Gasteiger partial charge in [-0.05, 0) is 30.7 Å². The van der Waals surface area contributed by atoms with Crippen molar-refractivity contribution in [1.82, 2.24) is 5.32 Å². The number of amides is 1. The van der Waals surface area contributed by atoms with Crippen LogP contribution in [0.2, 0.25) is 0 Å². The van der Waals surface area contributed by atoms with Crippen molar-refractivity contribution in [2.45, 2.75) is 13.0 Å². The van der Waals surface area contributed by atoms with Gasteiger partial charge in [0.15, 0.2) is 12.7 Å². The fourth-order valence-corrected chi connectivity index (χ4v) is 1.62. The van der Waals surface area contributed by atoms with E-state index in [0.717, 1.165) is 11.3 Å². The van der Waals surface area contributed by atoms with Crippen LogP contribution in [-0.2, 0) is 14.3 Å². The summed E-state index contributed by atoms with van der Waals surface area (Å²) >= 11 is 0. The maximum atomic E-state index is 11.6. The molecule has 1 rings (SSSR count). The fourth-order valence-electron chi connectivity index (χ4n) is 1.62. The molecule has 1 aromatic rings. The third kappa shape index (κ3) is 5.31. The molecule has 0 spiro atoms. The molecule has 7 heteroatoms. The minimum absolute atomic E-state index is 0.115. The Labute approximate surface area is 122 Å². The van der Waals surface area contributed by atoms with Gasteiger partial charge in [-0.25, -0.2) is 4.79 Å². The number of aliphatic carboxylic acids is 1. The molecule has 0 heterocycles. The standard InChI is InChI=1S/C14H19NO6/c1-9-6-10(4-5-11(9)19-2)21-8-13(16)15-7-12(20-3)14(17)18/h4-6,12H,7-8H2,1-3H3,(H,15,16)(H,17,18). The normalized spacial score (nSPS) is 11.6. The van der Waals surface area contributed by atoms with Gasteiger partial charge in [0.05, 0.1) is 13.7 Å². The number of carbonyl (C=O) groups excluding carboxylic acids is 1. The van der Waals surface area contributed by atoms with Crippen LogP contribution in [0.15, 0.2) is 18.2 Å². The van der Waals surface area contributed by atoms with Gasteiger partial charge in [-0.3, -0.25) is 4.79 Å². The van der Waals surface area contributed by atoms with E-state index in [1.807, 2.05) is 6.92 Å². The van der Waals surface area contributed by atoms with Crippen molar-refractivity contribution in [2.75, 3.05) is 27.4 Å². The lowest BCUT2D eigenvalue weighted by molar-refractivity contribution is -0.148. The lowest BCUT2D eigenvalue weighted by Gasteiger charge is -2.12. The van der Waals surface area contributed by atoms with E-state index in [4.69, 9.17) is 19.3 Å². The van der Waals surface area contributed by atoms with Gasteiger partial charge in [0.2, 0.25) is 0 Å². The number of ether oxygens (including phenoxy) is 3. The van der Waals surface area contributed by atoms with E-state index in [0.29, 0.717) is 5.75 Å². The molecule has 0 aromatic heterocycles. The second-order valence-corrected chi connectivity index (χ2v) is 4.29. The quantitative estimate of drug-likeness (QED) is 0.729. The molecular formula is C14H19NO6. The van der Waals surface area contributed by atoms with Crippen molar-refractivity contribution in [3.8, 4) is 11.5 Å². The molecule has 0 saturated heterocycles. The Kier molecular flexibility index (Phi) is 6.48. The number of hydrogen-bond acceptors (Lipinski definition) is 5. The summed E-state index contributed by atoms with van der Waals surface area (Å²) in [5, 5.41) is 11.2. The highest BCUT2D eigenvalue weighted by atomic mass is 16.5. The van der Waals surface area contributed by atoms with Gasteiger partial charge in [0.25, 0.3) is 5.91 Å². The number of hydrogen-bond donors (Lipinski definition) is 2. The molecule has 116 valence electrons. The first kappa shape index (κ1) is 16.8. The highest BCUT2D eigenvalue weighted by molar-refractivity contribution is 5.79. The van der Waals surface area contributed by atoms with E-state index in [2.05, 4.69) is 5.32 Å². The van der Waals surface area contributed by atoms with Crippen LogP contribution < -0.4 is 14.8 Å². The number of aryl methyl sites for hydroxylation is 1. The molecule has 2 N–H and O–H groups in total. The summed E-state index contributed by atoms with van der Waals surface area (Å²) in [4.78, 5) is 22.3. The van der Waals surface area contributed by atoms with Crippen LogP contribution >= 0.6 is 0 Å². The third-order valence-corrected chi connectivity index (χ3v) is 2.78. The minimum Gasteiger partial charge on any atom is -0.496 e. The Morgan fingerprint density at radius 3 is 2.57 bits per heavy atom. The van der Waals surface area contributed by atoms with Crippen molar-refractivity contribution >= 4 is 11.9 Å². The SMILES string of the molecule is COc1ccc(OCC(=O)NCC(OC)C(=O)O)cc1C. The van der Waals surface area contributed by atoms with Gasteiger partial charge >= 0.3 is 5.97 Å². The largest absolute Gasteiger partial charge is 0.496 e. The zero-order valence-electron chi connectivity index (χ0n) is 12.2. The molecule has 0 aliphatic carbocycles. The predicted octanol–water partition coefficient (Wildman–Crippen LogP) is 0.598. The number of nitrogens with one attached hydrogen (secondary N) is 1. The van der Waals surface area contributed by atoms with E-state index < -0.39 is 18.0 Å². The highest BCUT2D eigenvalue weighted by Gasteiger charge is 2.17. The summed E-state index contributed by atoms with van der Waals surface area (Å²) in [6.45, 7) is 1.54. The number of carboxylic acids is 1. The zero-order chi connectivity index (χ0) is 15.8. The predicted molar refractivity (Wildman–Crippen MR) is 74.7 cm³/mol. The minimum atomic E-state index is -1.13.